The summed E-state index contributed by atoms with van der Waals surface area (Å²) in [6, 6.07) is 13.8. The van der Waals surface area contributed by atoms with Crippen molar-refractivity contribution >= 4 is 27.5 Å². The number of fused-ring (bicyclic) bond motifs is 1. The Balaban J connectivity index is 1.94. The predicted octanol–water partition coefficient (Wildman–Crippen LogP) is 4.99. The largest absolute Gasteiger partial charge is 0.490 e. The van der Waals surface area contributed by atoms with E-state index < -0.39 is 0 Å². The van der Waals surface area contributed by atoms with Crippen molar-refractivity contribution in [3.05, 3.63) is 58.6 Å². The molecule has 0 saturated carbocycles. The third kappa shape index (κ3) is 2.79. The zero-order valence-electron chi connectivity index (χ0n) is 10.8. The van der Waals surface area contributed by atoms with E-state index in [1.165, 1.54) is 0 Å². The Bertz CT molecular complexity index is 615. The zero-order chi connectivity index (χ0) is 13.9. The van der Waals surface area contributed by atoms with Crippen LogP contribution in [0, 0.1) is 0 Å². The molecule has 2 aromatic carbocycles. The average Bonchev–Trinajstić information content (AvgIpc) is 2.71. The van der Waals surface area contributed by atoms with Gasteiger partial charge < -0.3 is 9.47 Å². The molecule has 2 nitrogen and oxygen atoms in total. The van der Waals surface area contributed by atoms with Gasteiger partial charge in [-0.25, -0.2) is 0 Å². The van der Waals surface area contributed by atoms with Gasteiger partial charge in [0.2, 0.25) is 0 Å². The standard InChI is InChI=1S/C16H14BrClO2/c17-16(12-4-1-2-5-13(12)18)11-6-7-14-15(10-11)20-9-3-8-19-14/h1-2,4-7,10,16H,3,8-9H2. The molecule has 0 saturated heterocycles. The number of benzene rings is 2. The van der Waals surface area contributed by atoms with Gasteiger partial charge in [-0.15, -0.1) is 0 Å². The van der Waals surface area contributed by atoms with Gasteiger partial charge in [0.25, 0.3) is 0 Å². The van der Waals surface area contributed by atoms with Crippen molar-refractivity contribution in [2.45, 2.75) is 11.2 Å². The molecule has 1 unspecified atom stereocenters. The van der Waals surface area contributed by atoms with Gasteiger partial charge in [0.1, 0.15) is 0 Å². The molecule has 1 aliphatic heterocycles. The summed E-state index contributed by atoms with van der Waals surface area (Å²) in [4.78, 5) is 0.0355. The molecule has 0 aliphatic carbocycles. The van der Waals surface area contributed by atoms with Crippen LogP contribution in [0.15, 0.2) is 42.5 Å². The molecule has 0 aromatic heterocycles. The maximum Gasteiger partial charge on any atom is 0.161 e. The first-order valence-corrected chi connectivity index (χ1v) is 7.83. The Labute approximate surface area is 131 Å². The van der Waals surface area contributed by atoms with Gasteiger partial charge in [0, 0.05) is 11.4 Å². The second-order valence-electron chi connectivity index (χ2n) is 4.64. The molecule has 104 valence electrons. The molecular weight excluding hydrogens is 340 g/mol. The summed E-state index contributed by atoms with van der Waals surface area (Å²) in [5, 5.41) is 0.751. The van der Waals surface area contributed by atoms with Crippen molar-refractivity contribution in [2.75, 3.05) is 13.2 Å². The van der Waals surface area contributed by atoms with Gasteiger partial charge in [-0.1, -0.05) is 51.8 Å². The van der Waals surface area contributed by atoms with E-state index in [4.69, 9.17) is 21.1 Å². The minimum atomic E-state index is 0.0355. The maximum atomic E-state index is 6.25. The van der Waals surface area contributed by atoms with Crippen molar-refractivity contribution < 1.29 is 9.47 Å². The van der Waals surface area contributed by atoms with E-state index in [1.54, 1.807) is 0 Å². The summed E-state index contributed by atoms with van der Waals surface area (Å²) >= 11 is 9.96. The predicted molar refractivity (Wildman–Crippen MR) is 84.3 cm³/mol. The molecule has 0 bridgehead atoms. The summed E-state index contributed by atoms with van der Waals surface area (Å²) < 4.78 is 11.4. The van der Waals surface area contributed by atoms with Crippen LogP contribution in [0.1, 0.15) is 22.4 Å². The fourth-order valence-electron chi connectivity index (χ4n) is 2.20. The van der Waals surface area contributed by atoms with Crippen molar-refractivity contribution in [2.24, 2.45) is 0 Å². The average molecular weight is 354 g/mol. The highest BCUT2D eigenvalue weighted by Crippen LogP contribution is 2.39. The molecule has 3 rings (SSSR count). The Hall–Kier alpha value is -1.19. The van der Waals surface area contributed by atoms with Gasteiger partial charge in [-0.2, -0.15) is 0 Å². The monoisotopic (exact) mass is 352 g/mol. The molecular formula is C16H14BrClO2. The SMILES string of the molecule is Clc1ccccc1C(Br)c1ccc2c(c1)OCCCO2. The summed E-state index contributed by atoms with van der Waals surface area (Å²) in [5.74, 6) is 1.61. The number of rotatable bonds is 2. The molecule has 0 N–H and O–H groups in total. The highest BCUT2D eigenvalue weighted by atomic mass is 79.9. The van der Waals surface area contributed by atoms with E-state index in [0.717, 1.165) is 34.1 Å². The van der Waals surface area contributed by atoms with Crippen LogP contribution in [0.3, 0.4) is 0 Å². The molecule has 0 radical (unpaired) electrons. The van der Waals surface area contributed by atoms with Gasteiger partial charge in [-0.05, 0) is 29.3 Å². The molecule has 1 atom stereocenters. The highest BCUT2D eigenvalue weighted by molar-refractivity contribution is 9.09. The normalized spacial score (nSPS) is 15.5. The molecule has 1 heterocycles. The Morgan fingerprint density at radius 3 is 2.55 bits per heavy atom. The second-order valence-corrected chi connectivity index (χ2v) is 5.96. The lowest BCUT2D eigenvalue weighted by molar-refractivity contribution is 0.297. The number of hydrogen-bond donors (Lipinski definition) is 0. The number of hydrogen-bond acceptors (Lipinski definition) is 2. The lowest BCUT2D eigenvalue weighted by Crippen LogP contribution is -1.97. The minimum Gasteiger partial charge on any atom is -0.490 e. The Kier molecular flexibility index (Phi) is 4.18. The van der Waals surface area contributed by atoms with Crippen molar-refractivity contribution in [3.63, 3.8) is 0 Å². The Morgan fingerprint density at radius 1 is 1.00 bits per heavy atom. The van der Waals surface area contributed by atoms with Gasteiger partial charge in [-0.3, -0.25) is 0 Å². The molecule has 2 aromatic rings. The first-order chi connectivity index (χ1) is 9.75. The van der Waals surface area contributed by atoms with Crippen molar-refractivity contribution in [1.29, 1.82) is 0 Å². The third-order valence-electron chi connectivity index (χ3n) is 3.24. The zero-order valence-corrected chi connectivity index (χ0v) is 13.2. The van der Waals surface area contributed by atoms with E-state index in [-0.39, 0.29) is 4.83 Å². The lowest BCUT2D eigenvalue weighted by atomic mass is 10.0. The van der Waals surface area contributed by atoms with Crippen LogP contribution in [0.5, 0.6) is 11.5 Å². The van der Waals surface area contributed by atoms with Crippen LogP contribution in [-0.4, -0.2) is 13.2 Å². The van der Waals surface area contributed by atoms with Crippen LogP contribution in [0.4, 0.5) is 0 Å². The molecule has 0 amide bonds. The van der Waals surface area contributed by atoms with Gasteiger partial charge in [0.05, 0.1) is 18.0 Å². The van der Waals surface area contributed by atoms with Crippen LogP contribution in [0.2, 0.25) is 5.02 Å². The Morgan fingerprint density at radius 2 is 1.75 bits per heavy atom. The number of alkyl halides is 1. The first-order valence-electron chi connectivity index (χ1n) is 6.54. The smallest absolute Gasteiger partial charge is 0.161 e. The number of ether oxygens (including phenoxy) is 2. The van der Waals surface area contributed by atoms with Crippen LogP contribution in [0.25, 0.3) is 0 Å². The van der Waals surface area contributed by atoms with E-state index in [0.29, 0.717) is 13.2 Å². The molecule has 0 fully saturated rings. The quantitative estimate of drug-likeness (QED) is 0.708. The van der Waals surface area contributed by atoms with Gasteiger partial charge >= 0.3 is 0 Å². The second kappa shape index (κ2) is 6.06. The number of halogens is 2. The van der Waals surface area contributed by atoms with Crippen LogP contribution < -0.4 is 9.47 Å². The van der Waals surface area contributed by atoms with Crippen LogP contribution in [-0.2, 0) is 0 Å². The highest BCUT2D eigenvalue weighted by Gasteiger charge is 2.17. The first kappa shape index (κ1) is 13.8. The lowest BCUT2D eigenvalue weighted by Gasteiger charge is -2.15. The van der Waals surface area contributed by atoms with Crippen molar-refractivity contribution in [3.8, 4) is 11.5 Å². The molecule has 1 aliphatic rings. The molecule has 4 heteroatoms. The fourth-order valence-corrected chi connectivity index (χ4v) is 3.26. The minimum absolute atomic E-state index is 0.0355. The molecule has 20 heavy (non-hydrogen) atoms. The van der Waals surface area contributed by atoms with E-state index >= 15 is 0 Å². The maximum absolute atomic E-state index is 6.25. The van der Waals surface area contributed by atoms with E-state index in [9.17, 15) is 0 Å². The third-order valence-corrected chi connectivity index (χ3v) is 4.61. The van der Waals surface area contributed by atoms with E-state index in [2.05, 4.69) is 15.9 Å². The van der Waals surface area contributed by atoms with Gasteiger partial charge in [0.15, 0.2) is 11.5 Å². The summed E-state index contributed by atoms with van der Waals surface area (Å²) in [6.45, 7) is 1.39. The summed E-state index contributed by atoms with van der Waals surface area (Å²) in [7, 11) is 0. The summed E-state index contributed by atoms with van der Waals surface area (Å²) in [6.07, 6.45) is 0.909. The van der Waals surface area contributed by atoms with E-state index in [1.807, 2.05) is 42.5 Å². The summed E-state index contributed by atoms with van der Waals surface area (Å²) in [5.41, 5.74) is 2.14. The van der Waals surface area contributed by atoms with Crippen molar-refractivity contribution in [1.82, 2.24) is 0 Å². The van der Waals surface area contributed by atoms with Crippen LogP contribution >= 0.6 is 27.5 Å². The molecule has 0 spiro atoms. The topological polar surface area (TPSA) is 18.5 Å². The fraction of sp³-hybridized carbons (Fsp3) is 0.250.